The van der Waals surface area contributed by atoms with Crippen LogP contribution in [0.3, 0.4) is 0 Å². The van der Waals surface area contributed by atoms with Crippen LogP contribution < -0.4 is 5.43 Å². The summed E-state index contributed by atoms with van der Waals surface area (Å²) >= 11 is 0. The van der Waals surface area contributed by atoms with Gasteiger partial charge in [0, 0.05) is 23.2 Å². The molecule has 1 aliphatic heterocycles. The number of hydrazone groups is 1. The van der Waals surface area contributed by atoms with Crippen LogP contribution in [-0.4, -0.2) is 29.6 Å². The zero-order valence-corrected chi connectivity index (χ0v) is 18.8. The fourth-order valence-electron chi connectivity index (χ4n) is 3.68. The van der Waals surface area contributed by atoms with E-state index in [0.29, 0.717) is 5.56 Å². The maximum atomic E-state index is 12.3. The molecule has 2 aromatic carbocycles. The van der Waals surface area contributed by atoms with Gasteiger partial charge in [0.15, 0.2) is 0 Å². The molecule has 0 radical (unpaired) electrons. The van der Waals surface area contributed by atoms with E-state index in [-0.39, 0.29) is 11.3 Å². The molecule has 0 spiro atoms. The van der Waals surface area contributed by atoms with Gasteiger partial charge in [0.05, 0.1) is 0 Å². The lowest BCUT2D eigenvalue weighted by Gasteiger charge is -2.32. The first-order chi connectivity index (χ1) is 14.3. The van der Waals surface area contributed by atoms with Gasteiger partial charge in [-0.25, -0.2) is 5.43 Å². The summed E-state index contributed by atoms with van der Waals surface area (Å²) in [6.45, 7) is 11.4. The standard InChI is InChI=1S/C26H35N3O/c1-20(26(2,3)4)27-28-25(30)24-12-10-23(11-13-24)19-29-16-14-22(15-17-29)18-21-8-6-5-7-9-21/h5-13,22H,14-19H2,1-4H3,(H,28,30)/b27-20-. The first-order valence-corrected chi connectivity index (χ1v) is 11.0. The largest absolute Gasteiger partial charge is 0.299 e. The Morgan fingerprint density at radius 3 is 2.23 bits per heavy atom. The highest BCUT2D eigenvalue weighted by atomic mass is 16.2. The second kappa shape index (κ2) is 10.0. The molecule has 1 N–H and O–H groups in total. The van der Waals surface area contributed by atoms with Crippen LogP contribution in [0.15, 0.2) is 59.7 Å². The van der Waals surface area contributed by atoms with Crippen LogP contribution in [0.5, 0.6) is 0 Å². The van der Waals surface area contributed by atoms with Crippen molar-refractivity contribution in [1.29, 1.82) is 0 Å². The number of nitrogens with zero attached hydrogens (tertiary/aromatic N) is 2. The molecular weight excluding hydrogens is 370 g/mol. The molecule has 1 saturated heterocycles. The highest BCUT2D eigenvalue weighted by molar-refractivity contribution is 5.95. The van der Waals surface area contributed by atoms with Gasteiger partial charge < -0.3 is 0 Å². The van der Waals surface area contributed by atoms with Crippen molar-refractivity contribution in [2.24, 2.45) is 16.4 Å². The van der Waals surface area contributed by atoms with E-state index in [4.69, 9.17) is 0 Å². The third kappa shape index (κ3) is 6.53. The minimum atomic E-state index is -0.160. The Balaban J connectivity index is 1.46. The van der Waals surface area contributed by atoms with Crippen LogP contribution in [0, 0.1) is 11.3 Å². The van der Waals surface area contributed by atoms with E-state index in [1.807, 2.05) is 19.1 Å². The van der Waals surface area contributed by atoms with E-state index in [1.54, 1.807) is 0 Å². The highest BCUT2D eigenvalue weighted by Crippen LogP contribution is 2.23. The van der Waals surface area contributed by atoms with Crippen molar-refractivity contribution in [3.63, 3.8) is 0 Å². The lowest BCUT2D eigenvalue weighted by Crippen LogP contribution is -2.33. The molecule has 3 rings (SSSR count). The third-order valence-electron chi connectivity index (χ3n) is 6.11. The van der Waals surface area contributed by atoms with Crippen molar-refractivity contribution in [2.75, 3.05) is 13.1 Å². The molecule has 1 aliphatic rings. The van der Waals surface area contributed by atoms with Gasteiger partial charge in [-0.05, 0) is 68.5 Å². The van der Waals surface area contributed by atoms with Crippen molar-refractivity contribution in [3.05, 3.63) is 71.3 Å². The van der Waals surface area contributed by atoms with Crippen LogP contribution in [0.4, 0.5) is 0 Å². The number of piperidine rings is 1. The van der Waals surface area contributed by atoms with Crippen LogP contribution in [0.25, 0.3) is 0 Å². The predicted molar refractivity (Wildman–Crippen MR) is 125 cm³/mol. The molecule has 0 unspecified atom stereocenters. The average Bonchev–Trinajstić information content (AvgIpc) is 2.74. The maximum Gasteiger partial charge on any atom is 0.271 e. The molecule has 2 aromatic rings. The number of amides is 1. The molecule has 0 atom stereocenters. The average molecular weight is 406 g/mol. The summed E-state index contributed by atoms with van der Waals surface area (Å²) in [5.74, 6) is 0.624. The fraction of sp³-hybridized carbons (Fsp3) is 0.462. The number of rotatable bonds is 6. The van der Waals surface area contributed by atoms with Crippen molar-refractivity contribution in [1.82, 2.24) is 10.3 Å². The van der Waals surface area contributed by atoms with Crippen molar-refractivity contribution in [2.45, 2.75) is 53.5 Å². The summed E-state index contributed by atoms with van der Waals surface area (Å²) in [6.07, 6.45) is 3.69. The van der Waals surface area contributed by atoms with Gasteiger partial charge >= 0.3 is 0 Å². The van der Waals surface area contributed by atoms with Gasteiger partial charge in [-0.15, -0.1) is 0 Å². The van der Waals surface area contributed by atoms with E-state index >= 15 is 0 Å². The lowest BCUT2D eigenvalue weighted by atomic mass is 9.90. The number of carbonyl (C=O) groups is 1. The lowest BCUT2D eigenvalue weighted by molar-refractivity contribution is 0.0954. The molecule has 4 nitrogen and oxygen atoms in total. The van der Waals surface area contributed by atoms with E-state index < -0.39 is 0 Å². The third-order valence-corrected chi connectivity index (χ3v) is 6.11. The number of nitrogens with one attached hydrogen (secondary N) is 1. The van der Waals surface area contributed by atoms with Crippen molar-refractivity contribution < 1.29 is 4.79 Å². The zero-order valence-electron chi connectivity index (χ0n) is 18.8. The predicted octanol–water partition coefficient (Wildman–Crippen LogP) is 5.29. The molecular formula is C26H35N3O. The first-order valence-electron chi connectivity index (χ1n) is 11.0. The molecule has 0 aromatic heterocycles. The minimum Gasteiger partial charge on any atom is -0.299 e. The molecule has 1 amide bonds. The smallest absolute Gasteiger partial charge is 0.271 e. The summed E-state index contributed by atoms with van der Waals surface area (Å²) in [5, 5.41) is 4.23. The maximum absolute atomic E-state index is 12.3. The summed E-state index contributed by atoms with van der Waals surface area (Å²) in [5.41, 5.74) is 6.87. The van der Waals surface area contributed by atoms with Gasteiger partial charge in [0.2, 0.25) is 0 Å². The summed E-state index contributed by atoms with van der Waals surface area (Å²) in [4.78, 5) is 14.9. The molecule has 1 heterocycles. The number of carbonyl (C=O) groups excluding carboxylic acids is 1. The minimum absolute atomic E-state index is 0.0499. The van der Waals surface area contributed by atoms with Crippen molar-refractivity contribution in [3.8, 4) is 0 Å². The van der Waals surface area contributed by atoms with Crippen LogP contribution in [0.1, 0.15) is 62.0 Å². The van der Waals surface area contributed by atoms with E-state index in [0.717, 1.165) is 31.3 Å². The van der Waals surface area contributed by atoms with Gasteiger partial charge in [-0.1, -0.05) is 63.2 Å². The number of benzene rings is 2. The molecule has 1 fully saturated rings. The highest BCUT2D eigenvalue weighted by Gasteiger charge is 2.20. The Hall–Kier alpha value is -2.46. The number of hydrogen-bond donors (Lipinski definition) is 1. The van der Waals surface area contributed by atoms with Crippen LogP contribution in [0.2, 0.25) is 0 Å². The number of likely N-dealkylation sites (tertiary alicyclic amines) is 1. The second-order valence-corrected chi connectivity index (χ2v) is 9.49. The topological polar surface area (TPSA) is 44.7 Å². The molecule has 160 valence electrons. The summed E-state index contributed by atoms with van der Waals surface area (Å²) < 4.78 is 0. The Labute approximate surface area is 181 Å². The molecule has 30 heavy (non-hydrogen) atoms. The fourth-order valence-corrected chi connectivity index (χ4v) is 3.68. The Bertz CT molecular complexity index is 842. The Morgan fingerprint density at radius 1 is 1.00 bits per heavy atom. The van der Waals surface area contributed by atoms with Crippen LogP contribution >= 0.6 is 0 Å². The second-order valence-electron chi connectivity index (χ2n) is 9.49. The SMILES string of the molecule is C/C(=N/NC(=O)c1ccc(CN2CCC(Cc3ccccc3)CC2)cc1)C(C)(C)C. The summed E-state index contributed by atoms with van der Waals surface area (Å²) in [7, 11) is 0. The van der Waals surface area contributed by atoms with Crippen molar-refractivity contribution >= 4 is 11.6 Å². The zero-order chi connectivity index (χ0) is 21.6. The van der Waals surface area contributed by atoms with Gasteiger partial charge in [-0.2, -0.15) is 5.10 Å². The molecule has 0 aliphatic carbocycles. The summed E-state index contributed by atoms with van der Waals surface area (Å²) in [6, 6.07) is 18.7. The molecule has 0 bridgehead atoms. The normalized spacial score (nSPS) is 16.5. The van der Waals surface area contributed by atoms with Gasteiger partial charge in [0.25, 0.3) is 5.91 Å². The Kier molecular flexibility index (Phi) is 7.43. The van der Waals surface area contributed by atoms with E-state index in [9.17, 15) is 4.79 Å². The quantitative estimate of drug-likeness (QED) is 0.524. The van der Waals surface area contributed by atoms with Gasteiger partial charge in [0.1, 0.15) is 0 Å². The molecule has 4 heteroatoms. The Morgan fingerprint density at radius 2 is 1.63 bits per heavy atom. The van der Waals surface area contributed by atoms with E-state index in [1.165, 1.54) is 30.4 Å². The van der Waals surface area contributed by atoms with Crippen LogP contribution in [-0.2, 0) is 13.0 Å². The van der Waals surface area contributed by atoms with Gasteiger partial charge in [-0.3, -0.25) is 9.69 Å². The monoisotopic (exact) mass is 405 g/mol. The number of hydrogen-bond acceptors (Lipinski definition) is 3. The first kappa shape index (κ1) is 22.2. The molecule has 0 saturated carbocycles. The van der Waals surface area contributed by atoms with E-state index in [2.05, 4.69) is 78.7 Å².